The first-order valence-electron chi connectivity index (χ1n) is 4.73. The van der Waals surface area contributed by atoms with Crippen molar-refractivity contribution < 1.29 is 19.4 Å². The van der Waals surface area contributed by atoms with Gasteiger partial charge in [0, 0.05) is 11.9 Å². The van der Waals surface area contributed by atoms with E-state index in [9.17, 15) is 9.59 Å². The lowest BCUT2D eigenvalue weighted by Crippen LogP contribution is -2.03. The standard InChI is InChI=1S/C10H12N2O4S/c1-16-8(13)2-3-17-9-7(11)4-6(5-12-9)10(14)15/h4-5H,2-3,11H2,1H3,(H,14,15). The van der Waals surface area contributed by atoms with E-state index in [1.54, 1.807) is 0 Å². The molecule has 0 atom stereocenters. The molecule has 0 saturated heterocycles. The minimum atomic E-state index is -1.07. The number of ether oxygens (including phenoxy) is 1. The third-order valence-corrected chi connectivity index (χ3v) is 2.92. The molecule has 17 heavy (non-hydrogen) atoms. The molecule has 1 aromatic rings. The first-order chi connectivity index (χ1) is 8.04. The number of pyridine rings is 1. The number of aromatic nitrogens is 1. The fraction of sp³-hybridized carbons (Fsp3) is 0.300. The number of aromatic carboxylic acids is 1. The number of nitrogens with two attached hydrogens (primary N) is 1. The molecule has 3 N–H and O–H groups in total. The minimum absolute atomic E-state index is 0.0415. The van der Waals surface area contributed by atoms with Crippen molar-refractivity contribution in [2.75, 3.05) is 18.6 Å². The lowest BCUT2D eigenvalue weighted by Gasteiger charge is -2.04. The molecule has 0 unspecified atom stereocenters. The van der Waals surface area contributed by atoms with Crippen LogP contribution in [0.2, 0.25) is 0 Å². The average Bonchev–Trinajstić information content (AvgIpc) is 2.30. The number of carbonyl (C=O) groups excluding carboxylic acids is 1. The van der Waals surface area contributed by atoms with E-state index >= 15 is 0 Å². The number of esters is 1. The minimum Gasteiger partial charge on any atom is -0.478 e. The monoisotopic (exact) mass is 256 g/mol. The number of thioether (sulfide) groups is 1. The normalized spacial score (nSPS) is 9.94. The predicted molar refractivity (Wildman–Crippen MR) is 63.0 cm³/mol. The summed E-state index contributed by atoms with van der Waals surface area (Å²) in [5.41, 5.74) is 5.98. The second kappa shape index (κ2) is 6.09. The number of anilines is 1. The molecule has 0 aliphatic carbocycles. The van der Waals surface area contributed by atoms with E-state index in [4.69, 9.17) is 10.8 Å². The molecule has 1 aromatic heterocycles. The highest BCUT2D eigenvalue weighted by Gasteiger charge is 2.09. The highest BCUT2D eigenvalue weighted by Crippen LogP contribution is 2.23. The van der Waals surface area contributed by atoms with Gasteiger partial charge in [-0.3, -0.25) is 4.79 Å². The van der Waals surface area contributed by atoms with Gasteiger partial charge in [-0.1, -0.05) is 0 Å². The van der Waals surface area contributed by atoms with Crippen LogP contribution >= 0.6 is 11.8 Å². The zero-order valence-corrected chi connectivity index (χ0v) is 9.99. The Hall–Kier alpha value is -1.76. The summed E-state index contributed by atoms with van der Waals surface area (Å²) in [7, 11) is 1.32. The molecule has 0 fully saturated rings. The number of nitrogens with zero attached hydrogens (tertiary/aromatic N) is 1. The number of rotatable bonds is 5. The van der Waals surface area contributed by atoms with Gasteiger partial charge in [-0.15, -0.1) is 11.8 Å². The summed E-state index contributed by atoms with van der Waals surface area (Å²) in [6.45, 7) is 0. The van der Waals surface area contributed by atoms with Crippen molar-refractivity contribution in [1.29, 1.82) is 0 Å². The van der Waals surface area contributed by atoms with Crippen molar-refractivity contribution in [2.45, 2.75) is 11.4 Å². The van der Waals surface area contributed by atoms with E-state index in [-0.39, 0.29) is 18.0 Å². The molecular weight excluding hydrogens is 244 g/mol. The molecule has 0 aromatic carbocycles. The van der Waals surface area contributed by atoms with Crippen molar-refractivity contribution in [3.8, 4) is 0 Å². The summed E-state index contributed by atoms with van der Waals surface area (Å²) in [6, 6.07) is 1.34. The molecule has 1 rings (SSSR count). The molecule has 0 bridgehead atoms. The third kappa shape index (κ3) is 3.95. The van der Waals surface area contributed by atoms with Crippen molar-refractivity contribution in [3.05, 3.63) is 17.8 Å². The summed E-state index contributed by atoms with van der Waals surface area (Å²) in [5.74, 6) is -0.899. The van der Waals surface area contributed by atoms with Crippen LogP contribution in [0.1, 0.15) is 16.8 Å². The zero-order valence-electron chi connectivity index (χ0n) is 9.17. The van der Waals surface area contributed by atoms with E-state index in [2.05, 4.69) is 9.72 Å². The Morgan fingerprint density at radius 2 is 2.29 bits per heavy atom. The lowest BCUT2D eigenvalue weighted by atomic mass is 10.3. The fourth-order valence-electron chi connectivity index (χ4n) is 1.04. The van der Waals surface area contributed by atoms with Gasteiger partial charge in [0.2, 0.25) is 0 Å². The number of carbonyl (C=O) groups is 2. The molecule has 0 amide bonds. The zero-order chi connectivity index (χ0) is 12.8. The van der Waals surface area contributed by atoms with Crippen LogP contribution < -0.4 is 5.73 Å². The fourth-order valence-corrected chi connectivity index (χ4v) is 1.85. The largest absolute Gasteiger partial charge is 0.478 e. The van der Waals surface area contributed by atoms with Crippen LogP contribution in [0.3, 0.4) is 0 Å². The van der Waals surface area contributed by atoms with Gasteiger partial charge >= 0.3 is 11.9 Å². The van der Waals surface area contributed by atoms with Gasteiger partial charge in [0.15, 0.2) is 0 Å². The van der Waals surface area contributed by atoms with Crippen LogP contribution in [-0.4, -0.2) is 34.9 Å². The Balaban J connectivity index is 2.60. The molecule has 0 radical (unpaired) electrons. The van der Waals surface area contributed by atoms with Crippen molar-refractivity contribution in [2.24, 2.45) is 0 Å². The van der Waals surface area contributed by atoms with Crippen molar-refractivity contribution in [1.82, 2.24) is 4.98 Å². The number of nitrogen functional groups attached to an aromatic ring is 1. The summed E-state index contributed by atoms with van der Waals surface area (Å²) < 4.78 is 4.49. The van der Waals surface area contributed by atoms with Gasteiger partial charge in [0.25, 0.3) is 0 Å². The Morgan fingerprint density at radius 1 is 1.59 bits per heavy atom. The van der Waals surface area contributed by atoms with Crippen molar-refractivity contribution in [3.63, 3.8) is 0 Å². The van der Waals surface area contributed by atoms with Crippen LogP contribution in [-0.2, 0) is 9.53 Å². The van der Waals surface area contributed by atoms with Crippen LogP contribution in [0.5, 0.6) is 0 Å². The van der Waals surface area contributed by atoms with Crippen LogP contribution in [0.15, 0.2) is 17.3 Å². The van der Waals surface area contributed by atoms with Gasteiger partial charge in [-0.05, 0) is 6.07 Å². The first kappa shape index (κ1) is 13.3. The predicted octanol–water partition coefficient (Wildman–Crippen LogP) is 1.02. The Labute approximate surface area is 102 Å². The van der Waals surface area contributed by atoms with Gasteiger partial charge < -0.3 is 15.6 Å². The van der Waals surface area contributed by atoms with Gasteiger partial charge in [0.1, 0.15) is 5.03 Å². The Morgan fingerprint density at radius 3 is 2.82 bits per heavy atom. The summed E-state index contributed by atoms with van der Waals surface area (Å²) in [5, 5.41) is 9.23. The second-order valence-corrected chi connectivity index (χ2v) is 4.18. The molecule has 92 valence electrons. The molecule has 0 aliphatic heterocycles. The topological polar surface area (TPSA) is 103 Å². The smallest absolute Gasteiger partial charge is 0.337 e. The van der Waals surface area contributed by atoms with E-state index in [1.165, 1.54) is 31.1 Å². The van der Waals surface area contributed by atoms with Crippen molar-refractivity contribution >= 4 is 29.4 Å². The third-order valence-electron chi connectivity index (χ3n) is 1.90. The molecule has 6 nitrogen and oxygen atoms in total. The maximum Gasteiger partial charge on any atom is 0.337 e. The summed E-state index contributed by atoms with van der Waals surface area (Å²) in [6.07, 6.45) is 1.49. The second-order valence-electron chi connectivity index (χ2n) is 3.10. The summed E-state index contributed by atoms with van der Waals surface area (Å²) in [4.78, 5) is 25.4. The lowest BCUT2D eigenvalue weighted by molar-refractivity contribution is -0.140. The number of methoxy groups -OCH3 is 1. The molecule has 1 heterocycles. The Kier molecular flexibility index (Phi) is 4.77. The van der Waals surface area contributed by atoms with E-state index < -0.39 is 5.97 Å². The molecule has 0 spiro atoms. The summed E-state index contributed by atoms with van der Waals surface area (Å²) >= 11 is 1.28. The maximum absolute atomic E-state index is 10.9. The number of carboxylic acids is 1. The van der Waals surface area contributed by atoms with Gasteiger partial charge in [-0.25, -0.2) is 9.78 Å². The molecule has 7 heteroatoms. The first-order valence-corrected chi connectivity index (χ1v) is 5.71. The maximum atomic E-state index is 10.9. The SMILES string of the molecule is COC(=O)CCSc1ncc(C(=O)O)cc1N. The van der Waals surface area contributed by atoms with Gasteiger partial charge in [0.05, 0.1) is 24.8 Å². The highest BCUT2D eigenvalue weighted by atomic mass is 32.2. The molecule has 0 aliphatic rings. The van der Waals surface area contributed by atoms with E-state index in [0.29, 0.717) is 16.5 Å². The Bertz CT molecular complexity index is 436. The number of hydrogen-bond donors (Lipinski definition) is 2. The van der Waals surface area contributed by atoms with Crippen LogP contribution in [0.4, 0.5) is 5.69 Å². The van der Waals surface area contributed by atoms with Crippen LogP contribution in [0.25, 0.3) is 0 Å². The number of hydrogen-bond acceptors (Lipinski definition) is 6. The molecular formula is C10H12N2O4S. The highest BCUT2D eigenvalue weighted by molar-refractivity contribution is 7.99. The van der Waals surface area contributed by atoms with Crippen LogP contribution in [0, 0.1) is 0 Å². The quantitative estimate of drug-likeness (QED) is 0.598. The van der Waals surface area contributed by atoms with Gasteiger partial charge in [-0.2, -0.15) is 0 Å². The van der Waals surface area contributed by atoms with E-state index in [1.807, 2.05) is 0 Å². The van der Waals surface area contributed by atoms with E-state index in [0.717, 1.165) is 0 Å². The molecule has 0 saturated carbocycles. The average molecular weight is 256 g/mol. The number of carboxylic acid groups (broad SMARTS) is 1.